The van der Waals surface area contributed by atoms with E-state index in [4.69, 9.17) is 16.0 Å². The number of carbonyl (C=O) groups is 2. The molecule has 0 fully saturated rings. The van der Waals surface area contributed by atoms with E-state index < -0.39 is 17.9 Å². The van der Waals surface area contributed by atoms with Crippen molar-refractivity contribution in [2.75, 3.05) is 0 Å². The van der Waals surface area contributed by atoms with Crippen LogP contribution >= 0.6 is 11.6 Å². The number of amides is 1. The van der Waals surface area contributed by atoms with Crippen molar-refractivity contribution in [3.63, 3.8) is 0 Å². The summed E-state index contributed by atoms with van der Waals surface area (Å²) in [5.41, 5.74) is 2.84. The number of halogens is 1. The van der Waals surface area contributed by atoms with Gasteiger partial charge in [-0.05, 0) is 42.2 Å². The number of aromatic hydroxyl groups is 1. The first-order valence-corrected chi connectivity index (χ1v) is 9.36. The summed E-state index contributed by atoms with van der Waals surface area (Å²) in [4.78, 5) is 23.6. The van der Waals surface area contributed by atoms with Crippen molar-refractivity contribution in [3.05, 3.63) is 76.7 Å². The SMILES string of the molecule is Cc1oc(C(=O)N[C@@H](CC(=O)O)Cc2ccc(-c3cccc(Cl)c3)cc2)cc1O. The molecule has 0 bridgehead atoms. The van der Waals surface area contributed by atoms with Gasteiger partial charge in [0.2, 0.25) is 0 Å². The number of carboxylic acid groups (broad SMARTS) is 1. The highest BCUT2D eigenvalue weighted by atomic mass is 35.5. The zero-order valence-corrected chi connectivity index (χ0v) is 16.4. The molecule has 0 aliphatic carbocycles. The largest absolute Gasteiger partial charge is 0.504 e. The first-order valence-electron chi connectivity index (χ1n) is 8.99. The molecule has 6 nitrogen and oxygen atoms in total. The average Bonchev–Trinajstić information content (AvgIpc) is 3.01. The Morgan fingerprint density at radius 1 is 1.10 bits per heavy atom. The molecule has 3 N–H and O–H groups in total. The van der Waals surface area contributed by atoms with Crippen molar-refractivity contribution < 1.29 is 24.2 Å². The number of benzene rings is 2. The summed E-state index contributed by atoms with van der Waals surface area (Å²) >= 11 is 6.03. The standard InChI is InChI=1S/C22H20ClNO5/c1-13-19(25)12-20(29-13)22(28)24-18(11-21(26)27)9-14-5-7-15(8-6-14)16-3-2-4-17(23)10-16/h2-8,10,12,18,25H,9,11H2,1H3,(H,24,28)(H,26,27)/t18-/m1/s1. The lowest BCUT2D eigenvalue weighted by Gasteiger charge is -2.16. The zero-order chi connectivity index (χ0) is 21.0. The minimum Gasteiger partial charge on any atom is -0.504 e. The van der Waals surface area contributed by atoms with E-state index in [2.05, 4.69) is 5.32 Å². The van der Waals surface area contributed by atoms with Crippen LogP contribution in [0.1, 0.15) is 28.3 Å². The molecule has 29 heavy (non-hydrogen) atoms. The lowest BCUT2D eigenvalue weighted by Crippen LogP contribution is -2.38. The molecule has 1 aromatic heterocycles. The van der Waals surface area contributed by atoms with Crippen LogP contribution in [0.4, 0.5) is 0 Å². The molecule has 1 amide bonds. The van der Waals surface area contributed by atoms with E-state index in [1.165, 1.54) is 13.0 Å². The minimum atomic E-state index is -1.02. The van der Waals surface area contributed by atoms with E-state index in [9.17, 15) is 19.8 Å². The van der Waals surface area contributed by atoms with Gasteiger partial charge in [0, 0.05) is 17.1 Å². The molecule has 3 rings (SSSR count). The normalized spacial score (nSPS) is 11.8. The van der Waals surface area contributed by atoms with Gasteiger partial charge in [0.25, 0.3) is 5.91 Å². The molecular formula is C22H20ClNO5. The Labute approximate surface area is 172 Å². The van der Waals surface area contributed by atoms with Gasteiger partial charge in [0.05, 0.1) is 6.42 Å². The quantitative estimate of drug-likeness (QED) is 0.532. The topological polar surface area (TPSA) is 99.8 Å². The molecule has 150 valence electrons. The Morgan fingerprint density at radius 2 is 1.83 bits per heavy atom. The van der Waals surface area contributed by atoms with Gasteiger partial charge in [0.15, 0.2) is 11.5 Å². The van der Waals surface area contributed by atoms with Gasteiger partial charge >= 0.3 is 5.97 Å². The van der Waals surface area contributed by atoms with Crippen LogP contribution in [0.3, 0.4) is 0 Å². The molecule has 1 atom stereocenters. The van der Waals surface area contributed by atoms with Crippen LogP contribution < -0.4 is 5.32 Å². The number of hydrogen-bond acceptors (Lipinski definition) is 4. The number of aliphatic carboxylic acids is 1. The fraction of sp³-hybridized carbons (Fsp3) is 0.182. The molecular weight excluding hydrogens is 394 g/mol. The molecule has 0 aliphatic rings. The number of aryl methyl sites for hydroxylation is 1. The van der Waals surface area contributed by atoms with Crippen molar-refractivity contribution in [3.8, 4) is 16.9 Å². The molecule has 2 aromatic carbocycles. The number of furan rings is 1. The highest BCUT2D eigenvalue weighted by Crippen LogP contribution is 2.24. The van der Waals surface area contributed by atoms with E-state index in [-0.39, 0.29) is 23.7 Å². The predicted octanol–water partition coefficient (Wildman–Crippen LogP) is 4.43. The van der Waals surface area contributed by atoms with E-state index in [1.54, 1.807) is 6.07 Å². The number of rotatable bonds is 7. The van der Waals surface area contributed by atoms with Crippen molar-refractivity contribution in [2.45, 2.75) is 25.8 Å². The van der Waals surface area contributed by atoms with Crippen LogP contribution in [0, 0.1) is 6.92 Å². The Balaban J connectivity index is 1.72. The summed E-state index contributed by atoms with van der Waals surface area (Å²) < 4.78 is 5.19. The summed E-state index contributed by atoms with van der Waals surface area (Å²) in [6, 6.07) is 15.7. The molecule has 0 spiro atoms. The smallest absolute Gasteiger partial charge is 0.305 e. The summed E-state index contributed by atoms with van der Waals surface area (Å²) in [5.74, 6) is -1.56. The third kappa shape index (κ3) is 5.39. The summed E-state index contributed by atoms with van der Waals surface area (Å²) in [6.45, 7) is 1.53. The van der Waals surface area contributed by atoms with Gasteiger partial charge in [-0.2, -0.15) is 0 Å². The molecule has 7 heteroatoms. The van der Waals surface area contributed by atoms with Crippen LogP contribution in [-0.4, -0.2) is 28.1 Å². The van der Waals surface area contributed by atoms with E-state index in [0.717, 1.165) is 16.7 Å². The minimum absolute atomic E-state index is 0.0632. The second-order valence-corrected chi connectivity index (χ2v) is 7.17. The maximum atomic E-state index is 12.3. The number of carboxylic acids is 1. The highest BCUT2D eigenvalue weighted by Gasteiger charge is 2.21. The zero-order valence-electron chi connectivity index (χ0n) is 15.7. The lowest BCUT2D eigenvalue weighted by molar-refractivity contribution is -0.137. The molecule has 1 heterocycles. The van der Waals surface area contributed by atoms with Gasteiger partial charge < -0.3 is 19.9 Å². The van der Waals surface area contributed by atoms with Crippen LogP contribution in [0.2, 0.25) is 5.02 Å². The predicted molar refractivity (Wildman–Crippen MR) is 109 cm³/mol. The molecule has 0 unspecified atom stereocenters. The van der Waals surface area contributed by atoms with Crippen molar-refractivity contribution >= 4 is 23.5 Å². The second-order valence-electron chi connectivity index (χ2n) is 6.73. The van der Waals surface area contributed by atoms with E-state index in [1.807, 2.05) is 42.5 Å². The lowest BCUT2D eigenvalue weighted by atomic mass is 9.99. The average molecular weight is 414 g/mol. The molecule has 0 aliphatic heterocycles. The first kappa shape index (κ1) is 20.5. The third-order valence-electron chi connectivity index (χ3n) is 4.47. The Kier molecular flexibility index (Phi) is 6.24. The van der Waals surface area contributed by atoms with E-state index >= 15 is 0 Å². The molecule has 0 saturated carbocycles. The van der Waals surface area contributed by atoms with Gasteiger partial charge in [-0.3, -0.25) is 9.59 Å². The summed E-state index contributed by atoms with van der Waals surface area (Å²) in [5, 5.41) is 22.1. The maximum Gasteiger partial charge on any atom is 0.305 e. The first-order chi connectivity index (χ1) is 13.8. The van der Waals surface area contributed by atoms with Crippen molar-refractivity contribution in [1.29, 1.82) is 0 Å². The van der Waals surface area contributed by atoms with Crippen LogP contribution in [0.15, 0.2) is 59.0 Å². The fourth-order valence-electron chi connectivity index (χ4n) is 3.01. The van der Waals surface area contributed by atoms with Crippen molar-refractivity contribution in [2.24, 2.45) is 0 Å². The Hall–Kier alpha value is -3.25. The van der Waals surface area contributed by atoms with Gasteiger partial charge in [-0.25, -0.2) is 0 Å². The van der Waals surface area contributed by atoms with Crippen LogP contribution in [0.25, 0.3) is 11.1 Å². The highest BCUT2D eigenvalue weighted by molar-refractivity contribution is 6.30. The van der Waals surface area contributed by atoms with Gasteiger partial charge in [0.1, 0.15) is 5.76 Å². The molecule has 3 aromatic rings. The van der Waals surface area contributed by atoms with E-state index in [0.29, 0.717) is 11.4 Å². The number of carbonyl (C=O) groups excluding carboxylic acids is 1. The molecule has 0 radical (unpaired) electrons. The van der Waals surface area contributed by atoms with Crippen LogP contribution in [-0.2, 0) is 11.2 Å². The van der Waals surface area contributed by atoms with Crippen LogP contribution in [0.5, 0.6) is 5.75 Å². The monoisotopic (exact) mass is 413 g/mol. The van der Waals surface area contributed by atoms with Gasteiger partial charge in [-0.1, -0.05) is 48.0 Å². The number of nitrogens with one attached hydrogen (secondary N) is 1. The summed E-state index contributed by atoms with van der Waals surface area (Å²) in [6.07, 6.45) is 0.0903. The number of hydrogen-bond donors (Lipinski definition) is 3. The Morgan fingerprint density at radius 3 is 2.41 bits per heavy atom. The second kappa shape index (κ2) is 8.84. The van der Waals surface area contributed by atoms with Crippen molar-refractivity contribution in [1.82, 2.24) is 5.32 Å². The Bertz CT molecular complexity index is 1010. The fourth-order valence-corrected chi connectivity index (χ4v) is 3.20. The summed E-state index contributed by atoms with van der Waals surface area (Å²) in [7, 11) is 0. The molecule has 0 saturated heterocycles. The maximum absolute atomic E-state index is 12.3. The van der Waals surface area contributed by atoms with Gasteiger partial charge in [-0.15, -0.1) is 0 Å². The third-order valence-corrected chi connectivity index (χ3v) is 4.70.